The maximum Gasteiger partial charge on any atom is 0.330 e. The number of aromatic nitrogens is 2. The Hall–Kier alpha value is -4.00. The lowest BCUT2D eigenvalue weighted by molar-refractivity contribution is -0.0893. The second-order valence-electron chi connectivity index (χ2n) is 10.6. The van der Waals surface area contributed by atoms with Crippen LogP contribution in [0.15, 0.2) is 95.4 Å². The molecule has 0 atom stereocenters. The first-order chi connectivity index (χ1) is 18.2. The predicted molar refractivity (Wildman–Crippen MR) is 155 cm³/mol. The molecule has 0 bridgehead atoms. The van der Waals surface area contributed by atoms with E-state index in [9.17, 15) is 5.11 Å². The lowest BCUT2D eigenvalue weighted by Crippen LogP contribution is -2.49. The number of para-hydroxylation sites is 1. The highest BCUT2D eigenvalue weighted by atomic mass is 16.5. The fourth-order valence-electron chi connectivity index (χ4n) is 4.43. The average Bonchev–Trinajstić information content (AvgIpc) is 3.36. The van der Waals surface area contributed by atoms with Gasteiger partial charge in [-0.05, 0) is 58.0 Å². The molecule has 0 aliphatic carbocycles. The van der Waals surface area contributed by atoms with Gasteiger partial charge in [0.1, 0.15) is 5.52 Å². The molecule has 38 heavy (non-hydrogen) atoms. The Morgan fingerprint density at radius 3 is 2.18 bits per heavy atom. The van der Waals surface area contributed by atoms with Crippen LogP contribution in [0.1, 0.15) is 27.7 Å². The van der Waals surface area contributed by atoms with Crippen LogP contribution in [-0.4, -0.2) is 33.8 Å². The monoisotopic (exact) mass is 499 g/mol. The Morgan fingerprint density at radius 2 is 1.45 bits per heavy atom. The number of fused-ring (bicyclic) bond motifs is 5. The van der Waals surface area contributed by atoms with Crippen LogP contribution >= 0.6 is 0 Å². The van der Waals surface area contributed by atoms with Gasteiger partial charge >= 0.3 is 7.48 Å². The van der Waals surface area contributed by atoms with Gasteiger partial charge in [0.15, 0.2) is 5.58 Å². The van der Waals surface area contributed by atoms with E-state index in [1.54, 1.807) is 21.3 Å². The third-order valence-electron chi connectivity index (χ3n) is 7.39. The Kier molecular flexibility index (Phi) is 5.82. The zero-order valence-electron chi connectivity index (χ0n) is 21.9. The van der Waals surface area contributed by atoms with Crippen LogP contribution in [0, 0.1) is 0 Å². The molecule has 0 unspecified atom stereocenters. The van der Waals surface area contributed by atoms with Crippen LogP contribution in [0.2, 0.25) is 0 Å². The van der Waals surface area contributed by atoms with Gasteiger partial charge in [-0.1, -0.05) is 66.1 Å². The minimum absolute atomic E-state index is 0.601. The van der Waals surface area contributed by atoms with Gasteiger partial charge in [-0.15, -0.1) is 0 Å². The predicted octanol–water partition coefficient (Wildman–Crippen LogP) is 6.67. The van der Waals surface area contributed by atoms with Crippen molar-refractivity contribution < 1.29 is 14.2 Å². The number of rotatable bonds is 6. The van der Waals surface area contributed by atoms with Gasteiger partial charge in [-0.2, -0.15) is 0 Å². The highest BCUT2D eigenvalue weighted by Gasteiger charge is 2.35. The summed E-state index contributed by atoms with van der Waals surface area (Å²) < 4.78 is 12.1. The van der Waals surface area contributed by atoms with Crippen molar-refractivity contribution in [3.05, 3.63) is 91.0 Å². The third kappa shape index (κ3) is 4.26. The molecule has 0 amide bonds. The Balaban J connectivity index is 1.46. The van der Waals surface area contributed by atoms with Crippen LogP contribution < -0.4 is 5.46 Å². The van der Waals surface area contributed by atoms with Crippen LogP contribution in [0.4, 0.5) is 0 Å². The average molecular weight is 499 g/mol. The molecule has 1 radical (unpaired) electrons. The highest BCUT2D eigenvalue weighted by molar-refractivity contribution is 6.47. The summed E-state index contributed by atoms with van der Waals surface area (Å²) >= 11 is 0. The minimum atomic E-state index is -0.982. The molecule has 2 heterocycles. The van der Waals surface area contributed by atoms with Gasteiger partial charge in [0.05, 0.1) is 22.4 Å². The Bertz CT molecular complexity index is 1770. The SMILES string of the molecule is CC(C)(O)C(C)(C)O[B]c1ccc(-c2nc3ccccc3c3c2ccc2oc(-c4ccccc4)nc23)cc1. The van der Waals surface area contributed by atoms with Crippen LogP contribution in [0.25, 0.3) is 55.5 Å². The molecule has 0 aliphatic heterocycles. The van der Waals surface area contributed by atoms with Gasteiger partial charge in [-0.25, -0.2) is 9.97 Å². The summed E-state index contributed by atoms with van der Waals surface area (Å²) in [5, 5.41) is 13.5. The molecule has 2 aromatic heterocycles. The maximum atomic E-state index is 10.4. The molecule has 0 aliphatic rings. The molecule has 6 heteroatoms. The molecule has 5 nitrogen and oxygen atoms in total. The summed E-state index contributed by atoms with van der Waals surface area (Å²) in [6.07, 6.45) is 0. The van der Waals surface area contributed by atoms with Crippen molar-refractivity contribution in [1.29, 1.82) is 0 Å². The molecule has 0 saturated carbocycles. The van der Waals surface area contributed by atoms with Crippen molar-refractivity contribution in [1.82, 2.24) is 9.97 Å². The van der Waals surface area contributed by atoms with Gasteiger partial charge < -0.3 is 14.2 Å². The second-order valence-corrected chi connectivity index (χ2v) is 10.6. The van der Waals surface area contributed by atoms with Crippen molar-refractivity contribution in [3.8, 4) is 22.7 Å². The highest BCUT2D eigenvalue weighted by Crippen LogP contribution is 2.38. The van der Waals surface area contributed by atoms with Crippen molar-refractivity contribution >= 4 is 45.7 Å². The summed E-state index contributed by atoms with van der Waals surface area (Å²) in [7, 11) is 1.69. The molecule has 6 aromatic rings. The fourth-order valence-corrected chi connectivity index (χ4v) is 4.43. The largest absolute Gasteiger partial charge is 0.436 e. The topological polar surface area (TPSA) is 68.4 Å². The molecule has 187 valence electrons. The van der Waals surface area contributed by atoms with Crippen molar-refractivity contribution in [2.24, 2.45) is 0 Å². The van der Waals surface area contributed by atoms with E-state index >= 15 is 0 Å². The number of oxazole rings is 1. The van der Waals surface area contributed by atoms with Crippen molar-refractivity contribution in [2.45, 2.75) is 38.9 Å². The number of pyridine rings is 1. The minimum Gasteiger partial charge on any atom is -0.436 e. The third-order valence-corrected chi connectivity index (χ3v) is 7.39. The van der Waals surface area contributed by atoms with Crippen molar-refractivity contribution in [2.75, 3.05) is 0 Å². The normalized spacial score (nSPS) is 12.4. The maximum absolute atomic E-state index is 10.4. The second kappa shape index (κ2) is 9.08. The molecule has 1 N–H and O–H groups in total. The molecule has 0 fully saturated rings. The van der Waals surface area contributed by atoms with Crippen molar-refractivity contribution in [3.63, 3.8) is 0 Å². The van der Waals surface area contributed by atoms with Crippen LogP contribution in [0.3, 0.4) is 0 Å². The van der Waals surface area contributed by atoms with Gasteiger partial charge in [0.25, 0.3) is 0 Å². The molecule has 4 aromatic carbocycles. The zero-order valence-corrected chi connectivity index (χ0v) is 21.9. The lowest BCUT2D eigenvalue weighted by atomic mass is 9.82. The quantitative estimate of drug-likeness (QED) is 0.205. The number of hydrogen-bond donors (Lipinski definition) is 1. The summed E-state index contributed by atoms with van der Waals surface area (Å²) in [4.78, 5) is 10.0. The van der Waals surface area contributed by atoms with Gasteiger partial charge in [0.2, 0.25) is 5.89 Å². The van der Waals surface area contributed by atoms with E-state index in [1.165, 1.54) is 0 Å². The van der Waals surface area contributed by atoms with Crippen LogP contribution in [-0.2, 0) is 4.65 Å². The molecule has 0 spiro atoms. The van der Waals surface area contributed by atoms with E-state index < -0.39 is 11.2 Å². The summed E-state index contributed by atoms with van der Waals surface area (Å²) in [5.41, 5.74) is 4.48. The lowest BCUT2D eigenvalue weighted by Gasteiger charge is -2.37. The van der Waals surface area contributed by atoms with E-state index in [4.69, 9.17) is 19.0 Å². The van der Waals surface area contributed by atoms with E-state index in [1.807, 2.05) is 92.7 Å². The van der Waals surface area contributed by atoms with Gasteiger partial charge in [-0.3, -0.25) is 0 Å². The van der Waals surface area contributed by atoms with Crippen LogP contribution in [0.5, 0.6) is 0 Å². The first kappa shape index (κ1) is 24.3. The smallest absolute Gasteiger partial charge is 0.330 e. The number of nitrogens with zero attached hydrogens (tertiary/aromatic N) is 2. The van der Waals surface area contributed by atoms with E-state index in [-0.39, 0.29) is 0 Å². The molecule has 6 rings (SSSR count). The Morgan fingerprint density at radius 1 is 0.737 bits per heavy atom. The molecular formula is C32H28BN2O3. The number of hydrogen-bond acceptors (Lipinski definition) is 5. The first-order valence-corrected chi connectivity index (χ1v) is 12.7. The van der Waals surface area contributed by atoms with E-state index in [0.29, 0.717) is 5.89 Å². The first-order valence-electron chi connectivity index (χ1n) is 12.7. The summed E-state index contributed by atoms with van der Waals surface area (Å²) in [6, 6.07) is 30.2. The number of benzene rings is 4. The molecule has 0 saturated heterocycles. The zero-order chi connectivity index (χ0) is 26.5. The standard InChI is InChI=1S/C32H28BN2O3/c1-31(2,36)32(3,4)38-33-22-16-14-20(15-17-22)28-24-18-19-26-29(27(24)23-12-8-9-13-25(23)34-28)35-30(37-26)21-10-6-5-7-11-21/h5-19,36H,1-4H3. The summed E-state index contributed by atoms with van der Waals surface area (Å²) in [6.45, 7) is 7.23. The molecular weight excluding hydrogens is 471 g/mol. The summed E-state index contributed by atoms with van der Waals surface area (Å²) in [5.74, 6) is 0.601. The van der Waals surface area contributed by atoms with E-state index in [0.717, 1.165) is 55.1 Å². The Labute approximate surface area is 222 Å². The number of aliphatic hydroxyl groups is 1. The van der Waals surface area contributed by atoms with Gasteiger partial charge in [0, 0.05) is 27.3 Å². The van der Waals surface area contributed by atoms with E-state index in [2.05, 4.69) is 12.1 Å². The fraction of sp³-hybridized carbons (Fsp3) is 0.188.